The second-order valence-corrected chi connectivity index (χ2v) is 2.94. The molecule has 0 bridgehead atoms. The predicted molar refractivity (Wildman–Crippen MR) is 58.0 cm³/mol. The Hall–Kier alpha value is -1.81. The van der Waals surface area contributed by atoms with E-state index in [0.717, 1.165) is 5.56 Å². The molecule has 0 saturated heterocycles. The predicted octanol–water partition coefficient (Wildman–Crippen LogP) is 1.37. The molecule has 0 aliphatic rings. The van der Waals surface area contributed by atoms with Crippen LogP contribution in [-0.2, 0) is 0 Å². The summed E-state index contributed by atoms with van der Waals surface area (Å²) in [4.78, 5) is 10.8. The number of aromatic carboxylic acids is 1. The van der Waals surface area contributed by atoms with Crippen molar-refractivity contribution < 1.29 is 14.6 Å². The van der Waals surface area contributed by atoms with E-state index in [-0.39, 0.29) is 5.56 Å². The minimum atomic E-state index is -0.976. The molecule has 0 unspecified atom stereocenters. The van der Waals surface area contributed by atoms with E-state index in [2.05, 4.69) is 0 Å². The Bertz CT molecular complexity index is 385. The lowest BCUT2D eigenvalue weighted by atomic mass is 10.1. The van der Waals surface area contributed by atoms with Gasteiger partial charge in [-0.25, -0.2) is 4.79 Å². The van der Waals surface area contributed by atoms with Crippen molar-refractivity contribution in [3.05, 3.63) is 35.4 Å². The van der Waals surface area contributed by atoms with E-state index in [1.165, 1.54) is 13.2 Å². The number of ether oxygens (including phenoxy) is 1. The van der Waals surface area contributed by atoms with Crippen LogP contribution in [0.25, 0.3) is 6.08 Å². The van der Waals surface area contributed by atoms with E-state index in [9.17, 15) is 4.79 Å². The summed E-state index contributed by atoms with van der Waals surface area (Å²) in [5.74, 6) is -0.456. The minimum absolute atomic E-state index is 0.200. The molecule has 1 rings (SSSR count). The number of carbonyl (C=O) groups is 1. The van der Waals surface area contributed by atoms with E-state index in [1.54, 1.807) is 24.3 Å². The highest BCUT2D eigenvalue weighted by molar-refractivity contribution is 5.89. The molecule has 1 aromatic carbocycles. The normalized spacial score (nSPS) is 10.5. The molecule has 0 aromatic heterocycles. The van der Waals surface area contributed by atoms with Crippen LogP contribution >= 0.6 is 0 Å². The Labute approximate surface area is 88.0 Å². The Morgan fingerprint density at radius 3 is 2.80 bits per heavy atom. The highest BCUT2D eigenvalue weighted by Gasteiger charge is 2.05. The number of carboxylic acid groups (broad SMARTS) is 1. The number of methoxy groups -OCH3 is 1. The number of benzene rings is 1. The second-order valence-electron chi connectivity index (χ2n) is 2.94. The van der Waals surface area contributed by atoms with E-state index >= 15 is 0 Å². The SMILES string of the molecule is COc1cc(C=CCN)cc(C(=O)O)c1. The number of carboxylic acids is 1. The van der Waals surface area contributed by atoms with Gasteiger partial charge in [-0.1, -0.05) is 12.2 Å². The van der Waals surface area contributed by atoms with Crippen molar-refractivity contribution >= 4 is 12.0 Å². The van der Waals surface area contributed by atoms with Crippen molar-refractivity contribution in [2.75, 3.05) is 13.7 Å². The molecule has 0 aliphatic carbocycles. The lowest BCUT2D eigenvalue weighted by Gasteiger charge is -2.03. The van der Waals surface area contributed by atoms with Gasteiger partial charge < -0.3 is 15.6 Å². The van der Waals surface area contributed by atoms with Crippen molar-refractivity contribution in [2.24, 2.45) is 5.73 Å². The van der Waals surface area contributed by atoms with Crippen molar-refractivity contribution in [3.63, 3.8) is 0 Å². The fraction of sp³-hybridized carbons (Fsp3) is 0.182. The number of rotatable bonds is 4. The minimum Gasteiger partial charge on any atom is -0.497 e. The number of nitrogens with two attached hydrogens (primary N) is 1. The van der Waals surface area contributed by atoms with E-state index in [4.69, 9.17) is 15.6 Å². The Balaban J connectivity index is 3.11. The molecule has 15 heavy (non-hydrogen) atoms. The smallest absolute Gasteiger partial charge is 0.335 e. The molecular weight excluding hydrogens is 194 g/mol. The van der Waals surface area contributed by atoms with Crippen molar-refractivity contribution in [1.29, 1.82) is 0 Å². The fourth-order valence-corrected chi connectivity index (χ4v) is 1.16. The van der Waals surface area contributed by atoms with Gasteiger partial charge in [-0.3, -0.25) is 0 Å². The molecule has 0 saturated carbocycles. The molecule has 0 aliphatic heterocycles. The molecule has 0 radical (unpaired) electrons. The molecular formula is C11H13NO3. The standard InChI is InChI=1S/C11H13NO3/c1-15-10-6-8(3-2-4-12)5-9(7-10)11(13)14/h2-3,5-7H,4,12H2,1H3,(H,13,14). The van der Waals surface area contributed by atoms with Crippen LogP contribution in [0.2, 0.25) is 0 Å². The van der Waals surface area contributed by atoms with Gasteiger partial charge in [0.2, 0.25) is 0 Å². The van der Waals surface area contributed by atoms with Crippen LogP contribution < -0.4 is 10.5 Å². The first-order chi connectivity index (χ1) is 7.17. The van der Waals surface area contributed by atoms with Crippen LogP contribution in [0.15, 0.2) is 24.3 Å². The van der Waals surface area contributed by atoms with Crippen LogP contribution in [0.1, 0.15) is 15.9 Å². The zero-order valence-corrected chi connectivity index (χ0v) is 8.43. The summed E-state index contributed by atoms with van der Waals surface area (Å²) in [6.45, 7) is 0.416. The molecule has 3 N–H and O–H groups in total. The van der Waals surface area contributed by atoms with Gasteiger partial charge in [0.25, 0.3) is 0 Å². The van der Waals surface area contributed by atoms with Gasteiger partial charge in [0, 0.05) is 6.54 Å². The van der Waals surface area contributed by atoms with Gasteiger partial charge >= 0.3 is 5.97 Å². The zero-order chi connectivity index (χ0) is 11.3. The van der Waals surface area contributed by atoms with E-state index < -0.39 is 5.97 Å². The molecule has 0 amide bonds. The van der Waals surface area contributed by atoms with Gasteiger partial charge in [0.05, 0.1) is 12.7 Å². The van der Waals surface area contributed by atoms with Crippen LogP contribution in [-0.4, -0.2) is 24.7 Å². The highest BCUT2D eigenvalue weighted by Crippen LogP contribution is 2.18. The van der Waals surface area contributed by atoms with Crippen molar-refractivity contribution in [1.82, 2.24) is 0 Å². The van der Waals surface area contributed by atoms with Crippen LogP contribution in [0.3, 0.4) is 0 Å². The summed E-state index contributed by atoms with van der Waals surface area (Å²) in [5.41, 5.74) is 6.27. The molecule has 4 nitrogen and oxygen atoms in total. The highest BCUT2D eigenvalue weighted by atomic mass is 16.5. The first-order valence-electron chi connectivity index (χ1n) is 4.46. The first kappa shape index (κ1) is 11.3. The summed E-state index contributed by atoms with van der Waals surface area (Å²) in [6, 6.07) is 4.79. The topological polar surface area (TPSA) is 72.5 Å². The van der Waals surface area contributed by atoms with Crippen LogP contribution in [0, 0.1) is 0 Å². The lowest BCUT2D eigenvalue weighted by Crippen LogP contribution is -1.98. The van der Waals surface area contributed by atoms with Gasteiger partial charge in [-0.15, -0.1) is 0 Å². The maximum Gasteiger partial charge on any atom is 0.335 e. The number of hydrogen-bond acceptors (Lipinski definition) is 3. The molecule has 0 atom stereocenters. The van der Waals surface area contributed by atoms with E-state index in [0.29, 0.717) is 12.3 Å². The van der Waals surface area contributed by atoms with E-state index in [1.807, 2.05) is 0 Å². The molecule has 80 valence electrons. The Morgan fingerprint density at radius 2 is 2.27 bits per heavy atom. The summed E-state index contributed by atoms with van der Waals surface area (Å²) >= 11 is 0. The first-order valence-corrected chi connectivity index (χ1v) is 4.46. The maximum atomic E-state index is 10.8. The summed E-state index contributed by atoms with van der Waals surface area (Å²) in [5, 5.41) is 8.85. The zero-order valence-electron chi connectivity index (χ0n) is 8.43. The van der Waals surface area contributed by atoms with Crippen LogP contribution in [0.5, 0.6) is 5.75 Å². The molecule has 1 aromatic rings. The van der Waals surface area contributed by atoms with Crippen molar-refractivity contribution in [2.45, 2.75) is 0 Å². The lowest BCUT2D eigenvalue weighted by molar-refractivity contribution is 0.0696. The number of hydrogen-bond donors (Lipinski definition) is 2. The summed E-state index contributed by atoms with van der Waals surface area (Å²) in [7, 11) is 1.50. The summed E-state index contributed by atoms with van der Waals surface area (Å²) in [6.07, 6.45) is 3.51. The largest absolute Gasteiger partial charge is 0.497 e. The molecule has 0 spiro atoms. The van der Waals surface area contributed by atoms with Gasteiger partial charge in [0.1, 0.15) is 5.75 Å². The van der Waals surface area contributed by atoms with Gasteiger partial charge in [-0.2, -0.15) is 0 Å². The molecule has 0 fully saturated rings. The maximum absolute atomic E-state index is 10.8. The fourth-order valence-electron chi connectivity index (χ4n) is 1.16. The average molecular weight is 207 g/mol. The second kappa shape index (κ2) is 5.17. The van der Waals surface area contributed by atoms with Crippen molar-refractivity contribution in [3.8, 4) is 5.75 Å². The third kappa shape index (κ3) is 3.11. The quantitative estimate of drug-likeness (QED) is 0.782. The Kier molecular flexibility index (Phi) is 3.88. The third-order valence-corrected chi connectivity index (χ3v) is 1.86. The Morgan fingerprint density at radius 1 is 1.53 bits per heavy atom. The van der Waals surface area contributed by atoms with Gasteiger partial charge in [-0.05, 0) is 23.8 Å². The summed E-state index contributed by atoms with van der Waals surface area (Å²) < 4.78 is 5.00. The van der Waals surface area contributed by atoms with Gasteiger partial charge in [0.15, 0.2) is 0 Å². The monoisotopic (exact) mass is 207 g/mol. The third-order valence-electron chi connectivity index (χ3n) is 1.86. The van der Waals surface area contributed by atoms with Crippen LogP contribution in [0.4, 0.5) is 0 Å². The average Bonchev–Trinajstić information content (AvgIpc) is 2.25. The molecule has 4 heteroatoms. The molecule has 0 heterocycles.